The highest BCUT2D eigenvalue weighted by Gasteiger charge is 2.21. The van der Waals surface area contributed by atoms with Gasteiger partial charge in [0.1, 0.15) is 0 Å². The normalized spacial score (nSPS) is 11.9. The molecule has 0 radical (unpaired) electrons. The van der Waals surface area contributed by atoms with Gasteiger partial charge in [-0.1, -0.05) is 25.1 Å². The molecule has 2 aromatic heterocycles. The fraction of sp³-hybridized carbons (Fsp3) is 0.500. The molecule has 4 nitrogen and oxygen atoms in total. The Morgan fingerprint density at radius 3 is 2.88 bits per heavy atom. The number of aryl methyl sites for hydroxylation is 1. The van der Waals surface area contributed by atoms with Crippen LogP contribution in [-0.4, -0.2) is 21.5 Å². The molecule has 0 fully saturated rings. The van der Waals surface area contributed by atoms with Gasteiger partial charge in [0.05, 0.1) is 5.69 Å². The van der Waals surface area contributed by atoms with Crippen molar-refractivity contribution in [3.63, 3.8) is 0 Å². The second-order valence-corrected chi connectivity index (χ2v) is 5.80. The maximum Gasteiger partial charge on any atom is 0.0964 e. The Kier molecular flexibility index (Phi) is 3.59. The molecule has 0 spiro atoms. The van der Waals surface area contributed by atoms with Crippen LogP contribution in [0.15, 0.2) is 23.7 Å². The topological polar surface area (TPSA) is 42.7 Å². The summed E-state index contributed by atoms with van der Waals surface area (Å²) in [6, 6.07) is 4.29. The smallest absolute Gasteiger partial charge is 0.0964 e. The van der Waals surface area contributed by atoms with E-state index in [-0.39, 0.29) is 5.41 Å². The molecule has 2 rings (SSSR count). The van der Waals surface area contributed by atoms with Crippen molar-refractivity contribution >= 4 is 11.3 Å². The molecular formula is C12H18N4S. The van der Waals surface area contributed by atoms with E-state index in [1.165, 1.54) is 4.88 Å². The summed E-state index contributed by atoms with van der Waals surface area (Å²) in [4.78, 5) is 1.41. The Hall–Kier alpha value is -1.20. The van der Waals surface area contributed by atoms with Gasteiger partial charge in [0.25, 0.3) is 0 Å². The summed E-state index contributed by atoms with van der Waals surface area (Å²) >= 11 is 1.81. The van der Waals surface area contributed by atoms with Crippen molar-refractivity contribution in [3.05, 3.63) is 34.3 Å². The lowest BCUT2D eigenvalue weighted by Gasteiger charge is -2.23. The Bertz CT molecular complexity index is 459. The van der Waals surface area contributed by atoms with Crippen LogP contribution < -0.4 is 5.32 Å². The largest absolute Gasteiger partial charge is 0.310 e. The average molecular weight is 250 g/mol. The Morgan fingerprint density at radius 2 is 2.29 bits per heavy atom. The zero-order chi connectivity index (χ0) is 12.3. The van der Waals surface area contributed by atoms with Crippen LogP contribution in [0, 0.1) is 0 Å². The van der Waals surface area contributed by atoms with Gasteiger partial charge in [-0.25, -0.2) is 0 Å². The molecule has 17 heavy (non-hydrogen) atoms. The zero-order valence-electron chi connectivity index (χ0n) is 10.5. The standard InChI is InChI=1S/C12H18N4S/c1-12(2,11-5-4-6-17-11)9-13-7-10-8-16(3)15-14-10/h4-6,8,13H,7,9H2,1-3H3. The number of hydrogen-bond acceptors (Lipinski definition) is 4. The lowest BCUT2D eigenvalue weighted by Crippen LogP contribution is -2.32. The molecule has 0 aromatic carbocycles. The average Bonchev–Trinajstić information content (AvgIpc) is 2.89. The minimum absolute atomic E-state index is 0.163. The fourth-order valence-electron chi connectivity index (χ4n) is 1.73. The SMILES string of the molecule is Cn1cc(CNCC(C)(C)c2cccs2)nn1. The first-order chi connectivity index (χ1) is 8.08. The predicted molar refractivity (Wildman–Crippen MR) is 70.1 cm³/mol. The van der Waals surface area contributed by atoms with Crippen LogP contribution in [0.4, 0.5) is 0 Å². The van der Waals surface area contributed by atoms with Crippen LogP contribution in [-0.2, 0) is 19.0 Å². The molecule has 92 valence electrons. The minimum atomic E-state index is 0.163. The number of aromatic nitrogens is 3. The molecule has 0 bridgehead atoms. The number of rotatable bonds is 5. The van der Waals surface area contributed by atoms with E-state index in [4.69, 9.17) is 0 Å². The quantitative estimate of drug-likeness (QED) is 0.882. The minimum Gasteiger partial charge on any atom is -0.310 e. The van der Waals surface area contributed by atoms with Crippen LogP contribution >= 0.6 is 11.3 Å². The molecular weight excluding hydrogens is 232 g/mol. The zero-order valence-corrected chi connectivity index (χ0v) is 11.3. The maximum absolute atomic E-state index is 4.05. The molecule has 0 saturated carbocycles. The van der Waals surface area contributed by atoms with Gasteiger partial charge in [-0.2, -0.15) is 0 Å². The first-order valence-electron chi connectivity index (χ1n) is 5.68. The van der Waals surface area contributed by atoms with Gasteiger partial charge in [0.15, 0.2) is 0 Å². The second kappa shape index (κ2) is 4.98. The van der Waals surface area contributed by atoms with E-state index in [0.29, 0.717) is 0 Å². The van der Waals surface area contributed by atoms with Crippen LogP contribution in [0.1, 0.15) is 24.4 Å². The van der Waals surface area contributed by atoms with Gasteiger partial charge >= 0.3 is 0 Å². The van der Waals surface area contributed by atoms with Crippen molar-refractivity contribution in [2.24, 2.45) is 7.05 Å². The summed E-state index contributed by atoms with van der Waals surface area (Å²) in [5.74, 6) is 0. The Balaban J connectivity index is 1.86. The highest BCUT2D eigenvalue weighted by molar-refractivity contribution is 7.10. The lowest BCUT2D eigenvalue weighted by molar-refractivity contribution is 0.474. The molecule has 2 aromatic rings. The second-order valence-electron chi connectivity index (χ2n) is 4.85. The summed E-state index contributed by atoms with van der Waals surface area (Å²) in [7, 11) is 1.88. The first kappa shape index (κ1) is 12.3. The van der Waals surface area contributed by atoms with Crippen molar-refractivity contribution < 1.29 is 0 Å². The lowest BCUT2D eigenvalue weighted by atomic mass is 9.91. The van der Waals surface area contributed by atoms with E-state index < -0.39 is 0 Å². The highest BCUT2D eigenvalue weighted by atomic mass is 32.1. The Labute approximate surface area is 106 Å². The van der Waals surface area contributed by atoms with E-state index in [9.17, 15) is 0 Å². The van der Waals surface area contributed by atoms with Crippen LogP contribution in [0.3, 0.4) is 0 Å². The molecule has 1 N–H and O–H groups in total. The molecule has 0 aliphatic rings. The summed E-state index contributed by atoms with van der Waals surface area (Å²) < 4.78 is 1.72. The van der Waals surface area contributed by atoms with Crippen molar-refractivity contribution in [2.75, 3.05) is 6.54 Å². The monoisotopic (exact) mass is 250 g/mol. The number of nitrogens with one attached hydrogen (secondary N) is 1. The first-order valence-corrected chi connectivity index (χ1v) is 6.56. The molecule has 0 unspecified atom stereocenters. The molecule has 5 heteroatoms. The van der Waals surface area contributed by atoms with E-state index in [0.717, 1.165) is 18.8 Å². The maximum atomic E-state index is 4.05. The molecule has 0 atom stereocenters. The number of nitrogens with zero attached hydrogens (tertiary/aromatic N) is 3. The van der Waals surface area contributed by atoms with Gasteiger partial charge in [-0.15, -0.1) is 16.4 Å². The third-order valence-corrected chi connectivity index (χ3v) is 3.95. The molecule has 2 heterocycles. The van der Waals surface area contributed by atoms with E-state index in [1.807, 2.05) is 24.6 Å². The van der Waals surface area contributed by atoms with Gasteiger partial charge < -0.3 is 5.32 Å². The van der Waals surface area contributed by atoms with Crippen molar-refractivity contribution in [1.82, 2.24) is 20.3 Å². The summed E-state index contributed by atoms with van der Waals surface area (Å²) in [5, 5.41) is 13.5. The van der Waals surface area contributed by atoms with Crippen molar-refractivity contribution in [1.29, 1.82) is 0 Å². The third-order valence-electron chi connectivity index (χ3n) is 2.71. The summed E-state index contributed by atoms with van der Waals surface area (Å²) in [5.41, 5.74) is 1.14. The predicted octanol–water partition coefficient (Wildman–Crippen LogP) is 1.94. The van der Waals surface area contributed by atoms with Crippen LogP contribution in [0.25, 0.3) is 0 Å². The summed E-state index contributed by atoms with van der Waals surface area (Å²) in [6.07, 6.45) is 1.94. The third kappa shape index (κ3) is 3.14. The fourth-order valence-corrected chi connectivity index (χ4v) is 2.58. The number of hydrogen-bond donors (Lipinski definition) is 1. The molecule has 0 amide bonds. The van der Waals surface area contributed by atoms with E-state index in [2.05, 4.69) is 47.0 Å². The van der Waals surface area contributed by atoms with Crippen molar-refractivity contribution in [2.45, 2.75) is 25.8 Å². The van der Waals surface area contributed by atoms with Gasteiger partial charge in [0.2, 0.25) is 0 Å². The molecule has 0 aliphatic heterocycles. The van der Waals surface area contributed by atoms with Gasteiger partial charge in [0, 0.05) is 36.6 Å². The van der Waals surface area contributed by atoms with Crippen LogP contribution in [0.2, 0.25) is 0 Å². The highest BCUT2D eigenvalue weighted by Crippen LogP contribution is 2.26. The van der Waals surface area contributed by atoms with Gasteiger partial charge in [-0.3, -0.25) is 4.68 Å². The van der Waals surface area contributed by atoms with Crippen LogP contribution in [0.5, 0.6) is 0 Å². The van der Waals surface area contributed by atoms with Gasteiger partial charge in [-0.05, 0) is 11.4 Å². The van der Waals surface area contributed by atoms with E-state index >= 15 is 0 Å². The molecule has 0 saturated heterocycles. The summed E-state index contributed by atoms with van der Waals surface area (Å²) in [6.45, 7) is 6.21. The van der Waals surface area contributed by atoms with Crippen molar-refractivity contribution in [3.8, 4) is 0 Å². The number of thiophene rings is 1. The molecule has 0 aliphatic carbocycles. The Morgan fingerprint density at radius 1 is 1.47 bits per heavy atom. The van der Waals surface area contributed by atoms with E-state index in [1.54, 1.807) is 4.68 Å².